The second-order valence-corrected chi connectivity index (χ2v) is 4.23. The first-order valence-electron chi connectivity index (χ1n) is 5.57. The Kier molecular flexibility index (Phi) is 2.13. The molecule has 1 N–H and O–H groups in total. The molecule has 80 valence electrons. The van der Waals surface area contributed by atoms with Crippen molar-refractivity contribution in [3.05, 3.63) is 59.4 Å². The molecule has 0 radical (unpaired) electrons. The number of aryl methyl sites for hydroxylation is 1. The highest BCUT2D eigenvalue weighted by Crippen LogP contribution is 2.37. The molecule has 1 atom stereocenters. The maximum absolute atomic E-state index is 9.50. The Labute approximate surface area is 94.6 Å². The van der Waals surface area contributed by atoms with Gasteiger partial charge in [-0.3, -0.25) is 4.98 Å². The lowest BCUT2D eigenvalue weighted by atomic mass is 9.96. The maximum atomic E-state index is 9.50. The first-order chi connectivity index (χ1) is 7.84. The number of pyridine rings is 1. The lowest BCUT2D eigenvalue weighted by molar-refractivity contribution is 0.474. The summed E-state index contributed by atoms with van der Waals surface area (Å²) < 4.78 is 0. The summed E-state index contributed by atoms with van der Waals surface area (Å²) >= 11 is 0. The number of phenolic OH excluding ortho intramolecular Hbond substituents is 1. The smallest absolute Gasteiger partial charge is 0.115 e. The zero-order chi connectivity index (χ0) is 11.0. The third-order valence-electron chi connectivity index (χ3n) is 3.23. The minimum Gasteiger partial charge on any atom is -0.508 e. The van der Waals surface area contributed by atoms with Gasteiger partial charge in [-0.05, 0) is 42.2 Å². The number of nitrogens with zero attached hydrogens (tertiary/aromatic N) is 1. The van der Waals surface area contributed by atoms with Crippen molar-refractivity contribution in [2.24, 2.45) is 0 Å². The van der Waals surface area contributed by atoms with Crippen molar-refractivity contribution in [1.82, 2.24) is 4.98 Å². The Morgan fingerprint density at radius 2 is 2.12 bits per heavy atom. The van der Waals surface area contributed by atoms with Gasteiger partial charge in [0, 0.05) is 12.1 Å². The summed E-state index contributed by atoms with van der Waals surface area (Å²) in [5.74, 6) is 0.685. The van der Waals surface area contributed by atoms with Crippen LogP contribution in [0.2, 0.25) is 0 Å². The third kappa shape index (κ3) is 1.47. The molecule has 0 saturated carbocycles. The second kappa shape index (κ2) is 3.63. The van der Waals surface area contributed by atoms with Crippen molar-refractivity contribution in [3.8, 4) is 5.75 Å². The van der Waals surface area contributed by atoms with E-state index in [2.05, 4.69) is 17.1 Å². The normalized spacial score (nSPS) is 18.4. The standard InChI is InChI=1S/C14H13NO/c16-12-5-1-3-11(9-12)13-7-6-10-4-2-8-15-14(10)13/h1-5,8-9,13,16H,6-7H2. The van der Waals surface area contributed by atoms with Crippen molar-refractivity contribution in [1.29, 1.82) is 0 Å². The third-order valence-corrected chi connectivity index (χ3v) is 3.23. The Bertz CT molecular complexity index is 522. The molecule has 0 aliphatic heterocycles. The van der Waals surface area contributed by atoms with E-state index in [9.17, 15) is 5.11 Å². The number of benzene rings is 1. The minimum atomic E-state index is 0.335. The number of hydrogen-bond acceptors (Lipinski definition) is 2. The fraction of sp³-hybridized carbons (Fsp3) is 0.214. The zero-order valence-electron chi connectivity index (χ0n) is 8.93. The first kappa shape index (κ1) is 9.40. The molecule has 0 saturated heterocycles. The van der Waals surface area contributed by atoms with E-state index in [0.717, 1.165) is 18.4 Å². The van der Waals surface area contributed by atoms with Crippen LogP contribution in [-0.2, 0) is 6.42 Å². The van der Waals surface area contributed by atoms with Crippen molar-refractivity contribution >= 4 is 0 Å². The van der Waals surface area contributed by atoms with Crippen LogP contribution < -0.4 is 0 Å². The lowest BCUT2D eigenvalue weighted by Gasteiger charge is -2.10. The van der Waals surface area contributed by atoms with Crippen molar-refractivity contribution in [3.63, 3.8) is 0 Å². The summed E-state index contributed by atoms with van der Waals surface area (Å²) in [6.07, 6.45) is 4.03. The topological polar surface area (TPSA) is 33.1 Å². The molecule has 16 heavy (non-hydrogen) atoms. The van der Waals surface area contributed by atoms with Gasteiger partial charge in [0.1, 0.15) is 5.75 Å². The zero-order valence-corrected chi connectivity index (χ0v) is 8.93. The van der Waals surface area contributed by atoms with E-state index in [-0.39, 0.29) is 0 Å². The second-order valence-electron chi connectivity index (χ2n) is 4.23. The van der Waals surface area contributed by atoms with Gasteiger partial charge < -0.3 is 5.11 Å². The highest BCUT2D eigenvalue weighted by molar-refractivity contribution is 5.40. The first-order valence-corrected chi connectivity index (χ1v) is 5.57. The van der Waals surface area contributed by atoms with Gasteiger partial charge in [-0.15, -0.1) is 0 Å². The fourth-order valence-electron chi connectivity index (χ4n) is 2.48. The number of hydrogen-bond donors (Lipinski definition) is 1. The predicted molar refractivity (Wildman–Crippen MR) is 62.5 cm³/mol. The monoisotopic (exact) mass is 211 g/mol. The molecule has 2 aromatic rings. The van der Waals surface area contributed by atoms with Crippen molar-refractivity contribution in [2.45, 2.75) is 18.8 Å². The van der Waals surface area contributed by atoms with Crippen LogP contribution in [-0.4, -0.2) is 10.1 Å². The van der Waals surface area contributed by atoms with Crippen LogP contribution >= 0.6 is 0 Å². The Morgan fingerprint density at radius 3 is 3.00 bits per heavy atom. The molecular formula is C14H13NO. The maximum Gasteiger partial charge on any atom is 0.115 e. The van der Waals surface area contributed by atoms with E-state index in [1.54, 1.807) is 6.07 Å². The number of aromatic hydroxyl groups is 1. The summed E-state index contributed by atoms with van der Waals surface area (Å²) in [6, 6.07) is 11.6. The van der Waals surface area contributed by atoms with Gasteiger partial charge in [-0.2, -0.15) is 0 Å². The minimum absolute atomic E-state index is 0.335. The van der Waals surface area contributed by atoms with Gasteiger partial charge in [0.25, 0.3) is 0 Å². The Balaban J connectivity index is 2.05. The number of fused-ring (bicyclic) bond motifs is 1. The number of aromatic nitrogens is 1. The molecule has 1 aromatic heterocycles. The van der Waals surface area contributed by atoms with E-state index in [1.807, 2.05) is 24.4 Å². The van der Waals surface area contributed by atoms with Gasteiger partial charge in [0.2, 0.25) is 0 Å². The van der Waals surface area contributed by atoms with Gasteiger partial charge in [-0.1, -0.05) is 18.2 Å². The molecule has 1 heterocycles. The van der Waals surface area contributed by atoms with Crippen LogP contribution in [0.1, 0.15) is 29.2 Å². The molecule has 2 nitrogen and oxygen atoms in total. The SMILES string of the molecule is Oc1cccc(C2CCc3cccnc32)c1. The summed E-state index contributed by atoms with van der Waals surface area (Å²) in [6.45, 7) is 0. The van der Waals surface area contributed by atoms with E-state index in [4.69, 9.17) is 0 Å². The number of rotatable bonds is 1. The van der Waals surface area contributed by atoms with Gasteiger partial charge in [0.15, 0.2) is 0 Å². The fourth-order valence-corrected chi connectivity index (χ4v) is 2.48. The Hall–Kier alpha value is -1.83. The van der Waals surface area contributed by atoms with Crippen LogP contribution in [0.25, 0.3) is 0 Å². The molecule has 3 rings (SSSR count). The van der Waals surface area contributed by atoms with Crippen LogP contribution in [0.5, 0.6) is 5.75 Å². The quantitative estimate of drug-likeness (QED) is 0.786. The lowest BCUT2D eigenvalue weighted by Crippen LogP contribution is -1.98. The molecule has 0 amide bonds. The van der Waals surface area contributed by atoms with E-state index < -0.39 is 0 Å². The van der Waals surface area contributed by atoms with Crippen LogP contribution in [0, 0.1) is 0 Å². The Morgan fingerprint density at radius 1 is 1.19 bits per heavy atom. The highest BCUT2D eigenvalue weighted by Gasteiger charge is 2.24. The molecule has 1 aliphatic carbocycles. The van der Waals surface area contributed by atoms with Crippen LogP contribution in [0.15, 0.2) is 42.6 Å². The van der Waals surface area contributed by atoms with Crippen LogP contribution in [0.4, 0.5) is 0 Å². The molecule has 0 fully saturated rings. The molecule has 1 unspecified atom stereocenters. The predicted octanol–water partition coefficient (Wildman–Crippen LogP) is 2.87. The average molecular weight is 211 g/mol. The summed E-state index contributed by atoms with van der Waals surface area (Å²) in [7, 11) is 0. The van der Waals surface area contributed by atoms with E-state index in [0.29, 0.717) is 11.7 Å². The van der Waals surface area contributed by atoms with Crippen LogP contribution in [0.3, 0.4) is 0 Å². The van der Waals surface area contributed by atoms with Gasteiger partial charge >= 0.3 is 0 Å². The molecule has 2 heteroatoms. The molecule has 1 aliphatic rings. The molecule has 0 bridgehead atoms. The largest absolute Gasteiger partial charge is 0.508 e. The summed E-state index contributed by atoms with van der Waals surface area (Å²) in [4.78, 5) is 4.47. The van der Waals surface area contributed by atoms with Gasteiger partial charge in [0.05, 0.1) is 5.69 Å². The summed E-state index contributed by atoms with van der Waals surface area (Å²) in [5, 5.41) is 9.50. The van der Waals surface area contributed by atoms with E-state index in [1.165, 1.54) is 11.3 Å². The molecular weight excluding hydrogens is 198 g/mol. The molecule has 1 aromatic carbocycles. The molecule has 0 spiro atoms. The summed E-state index contributed by atoms with van der Waals surface area (Å²) in [5.41, 5.74) is 3.68. The van der Waals surface area contributed by atoms with E-state index >= 15 is 0 Å². The van der Waals surface area contributed by atoms with Crippen molar-refractivity contribution in [2.75, 3.05) is 0 Å². The van der Waals surface area contributed by atoms with Gasteiger partial charge in [-0.25, -0.2) is 0 Å². The number of phenols is 1. The van der Waals surface area contributed by atoms with Crippen molar-refractivity contribution < 1.29 is 5.11 Å². The average Bonchev–Trinajstić information content (AvgIpc) is 2.72. The highest BCUT2D eigenvalue weighted by atomic mass is 16.3.